The molecular weight excluding hydrogens is 186 g/mol. The average Bonchev–Trinajstić information content (AvgIpc) is 2.53. The fourth-order valence-electron chi connectivity index (χ4n) is 0.997. The normalized spacial score (nSPS) is 12.8. The predicted octanol–water partition coefficient (Wildman–Crippen LogP) is -0.294. The summed E-state index contributed by atoms with van der Waals surface area (Å²) in [6.07, 6.45) is 1.95. The Morgan fingerprint density at radius 3 is 3.07 bits per heavy atom. The molecule has 1 heterocycles. The zero-order chi connectivity index (χ0) is 10.6. The van der Waals surface area contributed by atoms with E-state index in [0.29, 0.717) is 12.1 Å². The van der Waals surface area contributed by atoms with E-state index in [1.54, 1.807) is 6.20 Å². The lowest BCUT2D eigenvalue weighted by molar-refractivity contribution is -0.118. The van der Waals surface area contributed by atoms with Gasteiger partial charge in [0.2, 0.25) is 0 Å². The number of hydrogen-bond donors (Lipinski definition) is 1. The van der Waals surface area contributed by atoms with Crippen LogP contribution < -0.4 is 5.73 Å². The lowest BCUT2D eigenvalue weighted by Gasteiger charge is -2.02. The van der Waals surface area contributed by atoms with Crippen LogP contribution in [0.25, 0.3) is 0 Å². The zero-order valence-electron chi connectivity index (χ0n) is 7.98. The number of ketones is 1. The number of aryl methyl sites for hydroxylation is 1. The Morgan fingerprint density at radius 1 is 1.79 bits per heavy atom. The van der Waals surface area contributed by atoms with Crippen molar-refractivity contribution in [1.82, 2.24) is 15.0 Å². The highest BCUT2D eigenvalue weighted by molar-refractivity contribution is 5.81. The van der Waals surface area contributed by atoms with Gasteiger partial charge < -0.3 is 5.73 Å². The molecule has 78 valence electrons. The number of hydrogen-bond acceptors (Lipinski definition) is 4. The number of alkyl halides is 1. The summed E-state index contributed by atoms with van der Waals surface area (Å²) >= 11 is 0. The summed E-state index contributed by atoms with van der Waals surface area (Å²) in [6, 6.07) is -0.550. The second kappa shape index (κ2) is 4.80. The first-order valence-corrected chi connectivity index (χ1v) is 4.34. The van der Waals surface area contributed by atoms with Crippen LogP contribution >= 0.6 is 0 Å². The summed E-state index contributed by atoms with van der Waals surface area (Å²) in [5.41, 5.74) is 6.14. The van der Waals surface area contributed by atoms with Gasteiger partial charge in [0.15, 0.2) is 0 Å². The van der Waals surface area contributed by atoms with Crippen molar-refractivity contribution in [1.29, 1.82) is 0 Å². The van der Waals surface area contributed by atoms with E-state index in [-0.39, 0.29) is 12.3 Å². The van der Waals surface area contributed by atoms with E-state index in [1.165, 1.54) is 11.6 Å². The lowest BCUT2D eigenvalue weighted by atomic mass is 10.1. The van der Waals surface area contributed by atoms with Gasteiger partial charge in [-0.2, -0.15) is 0 Å². The van der Waals surface area contributed by atoms with Crippen molar-refractivity contribution >= 4 is 5.78 Å². The van der Waals surface area contributed by atoms with Crippen molar-refractivity contribution in [2.75, 3.05) is 6.67 Å². The van der Waals surface area contributed by atoms with E-state index in [1.807, 2.05) is 0 Å². The largest absolute Gasteiger partial charge is 0.321 e. The van der Waals surface area contributed by atoms with Crippen LogP contribution in [0.1, 0.15) is 12.6 Å². The molecule has 2 N–H and O–H groups in total. The minimum Gasteiger partial charge on any atom is -0.321 e. The molecule has 0 fully saturated rings. The molecule has 0 spiro atoms. The van der Waals surface area contributed by atoms with Crippen LogP contribution in [0.2, 0.25) is 0 Å². The van der Waals surface area contributed by atoms with Crippen LogP contribution in [-0.4, -0.2) is 33.5 Å². The van der Waals surface area contributed by atoms with E-state index in [2.05, 4.69) is 10.3 Å². The molecule has 0 saturated carbocycles. The maximum Gasteiger partial charge on any atom is 0.146 e. The van der Waals surface area contributed by atoms with E-state index >= 15 is 0 Å². The number of nitrogens with zero attached hydrogens (tertiary/aromatic N) is 3. The van der Waals surface area contributed by atoms with E-state index in [9.17, 15) is 9.18 Å². The molecule has 0 aromatic carbocycles. The summed E-state index contributed by atoms with van der Waals surface area (Å²) in [4.78, 5) is 10.8. The third-order valence-corrected chi connectivity index (χ3v) is 1.85. The first-order valence-electron chi connectivity index (χ1n) is 4.34. The van der Waals surface area contributed by atoms with Crippen molar-refractivity contribution < 1.29 is 9.18 Å². The number of Topliss-reactive ketones (excluding diaryl/α,β-unsaturated/α-hetero) is 1. The first kappa shape index (κ1) is 10.8. The highest BCUT2D eigenvalue weighted by Gasteiger charge is 2.11. The number of aromatic nitrogens is 3. The van der Waals surface area contributed by atoms with Gasteiger partial charge in [0.25, 0.3) is 0 Å². The molecule has 0 aliphatic rings. The van der Waals surface area contributed by atoms with Gasteiger partial charge >= 0.3 is 0 Å². The molecule has 1 atom stereocenters. The van der Waals surface area contributed by atoms with Gasteiger partial charge in [-0.3, -0.25) is 4.79 Å². The molecule has 0 amide bonds. The summed E-state index contributed by atoms with van der Waals surface area (Å²) in [7, 11) is 0. The Morgan fingerprint density at radius 2 is 2.50 bits per heavy atom. The van der Waals surface area contributed by atoms with Crippen molar-refractivity contribution in [3.05, 3.63) is 11.9 Å². The van der Waals surface area contributed by atoms with Crippen LogP contribution in [0.5, 0.6) is 0 Å². The maximum atomic E-state index is 11.9. The number of carbonyl (C=O) groups is 1. The number of nitrogens with two attached hydrogens (primary N) is 1. The first-order chi connectivity index (χ1) is 6.63. The summed E-state index contributed by atoms with van der Waals surface area (Å²) < 4.78 is 13.3. The smallest absolute Gasteiger partial charge is 0.146 e. The molecule has 0 aliphatic carbocycles. The van der Waals surface area contributed by atoms with Crippen LogP contribution in [-0.2, 0) is 17.8 Å². The summed E-state index contributed by atoms with van der Waals surface area (Å²) in [6.45, 7) is 1.13. The van der Waals surface area contributed by atoms with E-state index < -0.39 is 12.7 Å². The second-order valence-electron chi connectivity index (χ2n) is 3.08. The van der Waals surface area contributed by atoms with Gasteiger partial charge in [-0.1, -0.05) is 5.21 Å². The molecule has 0 saturated heterocycles. The minimum absolute atomic E-state index is 0.0926. The van der Waals surface area contributed by atoms with Crippen LogP contribution in [0.4, 0.5) is 4.39 Å². The van der Waals surface area contributed by atoms with Gasteiger partial charge in [0.05, 0.1) is 18.3 Å². The number of halogens is 1. The van der Waals surface area contributed by atoms with E-state index in [0.717, 1.165) is 0 Å². The third kappa shape index (κ3) is 2.88. The molecule has 5 nitrogen and oxygen atoms in total. The summed E-state index contributed by atoms with van der Waals surface area (Å²) in [5, 5.41) is 7.45. The fourth-order valence-corrected chi connectivity index (χ4v) is 0.997. The van der Waals surface area contributed by atoms with Crippen LogP contribution in [0.15, 0.2) is 6.20 Å². The average molecular weight is 199 g/mol. The highest BCUT2D eigenvalue weighted by Crippen LogP contribution is 1.98. The van der Waals surface area contributed by atoms with Crippen molar-refractivity contribution in [3.8, 4) is 0 Å². The van der Waals surface area contributed by atoms with E-state index in [4.69, 9.17) is 5.73 Å². The topological polar surface area (TPSA) is 73.8 Å². The molecule has 1 aromatic heterocycles. The lowest BCUT2D eigenvalue weighted by Crippen LogP contribution is -2.30. The van der Waals surface area contributed by atoms with Crippen LogP contribution in [0, 0.1) is 0 Å². The van der Waals surface area contributed by atoms with Crippen molar-refractivity contribution in [2.45, 2.75) is 25.9 Å². The SMILES string of the molecule is CC(=O)C(N)Cc1cn(CC[18F])nn1. The molecule has 6 heteroatoms. The maximum absolute atomic E-state index is 11.9. The van der Waals surface area contributed by atoms with Gasteiger partial charge in [0.1, 0.15) is 12.5 Å². The molecule has 0 aliphatic heterocycles. The molecule has 14 heavy (non-hydrogen) atoms. The third-order valence-electron chi connectivity index (χ3n) is 1.85. The Hall–Kier alpha value is -1.30. The van der Waals surface area contributed by atoms with Crippen molar-refractivity contribution in [2.24, 2.45) is 5.73 Å². The summed E-state index contributed by atoms with van der Waals surface area (Å²) in [5.74, 6) is -0.0926. The van der Waals surface area contributed by atoms with Gasteiger partial charge in [-0.05, 0) is 6.92 Å². The molecule has 1 rings (SSSR count). The molecule has 1 aromatic rings. The quantitative estimate of drug-likeness (QED) is 0.707. The fraction of sp³-hybridized carbons (Fsp3) is 0.625. The Labute approximate surface area is 81.1 Å². The molecule has 1 unspecified atom stereocenters. The molecular formula is C8H13FN4O. The second-order valence-corrected chi connectivity index (χ2v) is 3.08. The van der Waals surface area contributed by atoms with Gasteiger partial charge in [-0.25, -0.2) is 9.07 Å². The minimum atomic E-state index is -0.550. The monoisotopic (exact) mass is 199 g/mol. The van der Waals surface area contributed by atoms with Crippen LogP contribution in [0.3, 0.4) is 0 Å². The molecule has 0 bridgehead atoms. The predicted molar refractivity (Wildman–Crippen MR) is 48.4 cm³/mol. The highest BCUT2D eigenvalue weighted by atomic mass is 18.2. The Bertz CT molecular complexity index is 312. The van der Waals surface area contributed by atoms with Gasteiger partial charge in [0, 0.05) is 12.6 Å². The number of carbonyl (C=O) groups excluding carboxylic acids is 1. The van der Waals surface area contributed by atoms with Gasteiger partial charge in [-0.15, -0.1) is 5.10 Å². The number of rotatable bonds is 5. The Balaban J connectivity index is 2.55. The zero-order valence-corrected chi connectivity index (χ0v) is 7.98. The standard InChI is InChI=1S/C8H13FN4O/c1-6(14)8(10)4-7-5-13(3-2-9)12-11-7/h5,8H,2-4,10H2,1H3/i9-1. The Kier molecular flexibility index (Phi) is 3.70. The van der Waals surface area contributed by atoms with Crippen molar-refractivity contribution in [3.63, 3.8) is 0 Å². The molecule has 0 radical (unpaired) electrons.